The highest BCUT2D eigenvalue weighted by atomic mass is 32.2. The molecule has 0 saturated carbocycles. The van der Waals surface area contributed by atoms with Gasteiger partial charge in [-0.3, -0.25) is 9.10 Å². The van der Waals surface area contributed by atoms with Gasteiger partial charge in [-0.2, -0.15) is 5.10 Å². The quantitative estimate of drug-likeness (QED) is 0.448. The van der Waals surface area contributed by atoms with E-state index >= 15 is 0 Å². The van der Waals surface area contributed by atoms with Crippen LogP contribution in [0.15, 0.2) is 84.0 Å². The number of anilines is 1. The molecule has 31 heavy (non-hydrogen) atoms. The molecule has 0 radical (unpaired) electrons. The van der Waals surface area contributed by atoms with Crippen molar-refractivity contribution in [2.24, 2.45) is 5.10 Å². The third-order valence-corrected chi connectivity index (χ3v) is 5.92. The summed E-state index contributed by atoms with van der Waals surface area (Å²) in [4.78, 5) is 12.5. The summed E-state index contributed by atoms with van der Waals surface area (Å²) < 4.78 is 25.9. The van der Waals surface area contributed by atoms with E-state index in [1.54, 1.807) is 24.3 Å². The number of rotatable bonds is 7. The van der Waals surface area contributed by atoms with Gasteiger partial charge in [-0.15, -0.1) is 0 Å². The number of hydrogen-bond donors (Lipinski definition) is 1. The van der Waals surface area contributed by atoms with Gasteiger partial charge in [0.2, 0.25) is 10.0 Å². The first-order valence-corrected chi connectivity index (χ1v) is 11.6. The monoisotopic (exact) mass is 435 g/mol. The Bertz CT molecular complexity index is 1170. The molecule has 3 aromatic rings. The molecule has 0 aromatic heterocycles. The van der Waals surface area contributed by atoms with Crippen LogP contribution in [0, 0.1) is 6.92 Å². The molecule has 0 atom stereocenters. The van der Waals surface area contributed by atoms with E-state index in [0.717, 1.165) is 16.7 Å². The Morgan fingerprint density at radius 2 is 1.48 bits per heavy atom. The minimum Gasteiger partial charge on any atom is -0.267 e. The fourth-order valence-corrected chi connectivity index (χ4v) is 3.88. The second-order valence-electron chi connectivity index (χ2n) is 7.31. The van der Waals surface area contributed by atoms with Crippen LogP contribution in [0.25, 0.3) is 0 Å². The summed E-state index contributed by atoms with van der Waals surface area (Å²) in [6.45, 7) is 4.04. The van der Waals surface area contributed by atoms with E-state index in [1.807, 2.05) is 68.4 Å². The van der Waals surface area contributed by atoms with E-state index in [-0.39, 0.29) is 12.5 Å². The number of nitrogens with zero attached hydrogens (tertiary/aromatic N) is 2. The number of hydrogen-bond acceptors (Lipinski definition) is 4. The number of amides is 1. The number of sulfonamides is 1. The topological polar surface area (TPSA) is 78.8 Å². The van der Waals surface area contributed by atoms with E-state index in [0.29, 0.717) is 17.0 Å². The zero-order valence-electron chi connectivity index (χ0n) is 17.7. The Kier molecular flexibility index (Phi) is 6.87. The molecule has 0 aliphatic heterocycles. The fourth-order valence-electron chi connectivity index (χ4n) is 2.99. The third-order valence-electron chi connectivity index (χ3n) is 4.78. The van der Waals surface area contributed by atoms with Crippen molar-refractivity contribution in [2.75, 3.05) is 10.6 Å². The van der Waals surface area contributed by atoms with Crippen LogP contribution in [0.4, 0.5) is 5.69 Å². The standard InChI is InChI=1S/C24H25N3O3S/c1-18-9-11-21(12-10-18)19(2)25-26-24(28)22-13-15-23(16-14-22)27(31(3,29)30)17-20-7-5-4-6-8-20/h4-16H,17H2,1-3H3,(H,26,28)/b25-19+. The van der Waals surface area contributed by atoms with Crippen molar-refractivity contribution in [2.45, 2.75) is 20.4 Å². The highest BCUT2D eigenvalue weighted by Crippen LogP contribution is 2.21. The van der Waals surface area contributed by atoms with Crippen molar-refractivity contribution >= 4 is 27.3 Å². The Morgan fingerprint density at radius 1 is 0.903 bits per heavy atom. The van der Waals surface area contributed by atoms with E-state index in [4.69, 9.17) is 0 Å². The summed E-state index contributed by atoms with van der Waals surface area (Å²) in [6.07, 6.45) is 1.17. The summed E-state index contributed by atoms with van der Waals surface area (Å²) in [7, 11) is -3.49. The van der Waals surface area contributed by atoms with Crippen LogP contribution >= 0.6 is 0 Å². The van der Waals surface area contributed by atoms with Crippen molar-refractivity contribution in [3.63, 3.8) is 0 Å². The molecular weight excluding hydrogens is 410 g/mol. The molecule has 0 saturated heterocycles. The van der Waals surface area contributed by atoms with Crippen LogP contribution in [0.1, 0.15) is 34.0 Å². The van der Waals surface area contributed by atoms with Crippen LogP contribution in [0.3, 0.4) is 0 Å². The number of carbonyl (C=O) groups is 1. The number of aryl methyl sites for hydroxylation is 1. The molecule has 6 nitrogen and oxygen atoms in total. The van der Waals surface area contributed by atoms with E-state index in [1.165, 1.54) is 10.6 Å². The predicted molar refractivity (Wildman–Crippen MR) is 125 cm³/mol. The van der Waals surface area contributed by atoms with Crippen LogP contribution in [0.5, 0.6) is 0 Å². The number of carbonyl (C=O) groups excluding carboxylic acids is 1. The fraction of sp³-hybridized carbons (Fsp3) is 0.167. The van der Waals surface area contributed by atoms with E-state index in [9.17, 15) is 13.2 Å². The Hall–Kier alpha value is -3.45. The van der Waals surface area contributed by atoms with Gasteiger partial charge in [0.15, 0.2) is 0 Å². The lowest BCUT2D eigenvalue weighted by Gasteiger charge is -2.22. The van der Waals surface area contributed by atoms with Crippen molar-refractivity contribution in [3.8, 4) is 0 Å². The lowest BCUT2D eigenvalue weighted by Crippen LogP contribution is -2.29. The third kappa shape index (κ3) is 6.02. The maximum Gasteiger partial charge on any atom is 0.271 e. The summed E-state index contributed by atoms with van der Waals surface area (Å²) in [5, 5.41) is 4.16. The number of nitrogens with one attached hydrogen (secondary N) is 1. The second kappa shape index (κ2) is 9.57. The normalized spacial score (nSPS) is 11.8. The van der Waals surface area contributed by atoms with Gasteiger partial charge in [0.05, 0.1) is 24.2 Å². The minimum absolute atomic E-state index is 0.214. The maximum atomic E-state index is 12.5. The van der Waals surface area contributed by atoms with Crippen molar-refractivity contribution in [3.05, 3.63) is 101 Å². The van der Waals surface area contributed by atoms with Gasteiger partial charge in [-0.25, -0.2) is 13.8 Å². The highest BCUT2D eigenvalue weighted by molar-refractivity contribution is 7.92. The molecular formula is C24H25N3O3S. The second-order valence-corrected chi connectivity index (χ2v) is 9.21. The van der Waals surface area contributed by atoms with E-state index < -0.39 is 10.0 Å². The predicted octanol–water partition coefficient (Wildman–Crippen LogP) is 4.12. The summed E-state index contributed by atoms with van der Waals surface area (Å²) in [5.41, 5.74) is 7.06. The molecule has 0 aliphatic rings. The Balaban J connectivity index is 1.73. The van der Waals surface area contributed by atoms with Crippen molar-refractivity contribution in [1.29, 1.82) is 0 Å². The van der Waals surface area contributed by atoms with Crippen LogP contribution in [0.2, 0.25) is 0 Å². The van der Waals surface area contributed by atoms with E-state index in [2.05, 4.69) is 10.5 Å². The first-order valence-electron chi connectivity index (χ1n) is 9.77. The average Bonchev–Trinajstić information content (AvgIpc) is 2.76. The van der Waals surface area contributed by atoms with Crippen molar-refractivity contribution in [1.82, 2.24) is 5.43 Å². The summed E-state index contributed by atoms with van der Waals surface area (Å²) in [6, 6.07) is 23.6. The molecule has 1 N–H and O–H groups in total. The molecule has 3 aromatic carbocycles. The SMILES string of the molecule is C/C(=N\NC(=O)c1ccc(N(Cc2ccccc2)S(C)(=O)=O)cc1)c1ccc(C)cc1. The molecule has 0 bridgehead atoms. The van der Waals surface area contributed by atoms with Gasteiger partial charge in [0, 0.05) is 5.56 Å². The first-order chi connectivity index (χ1) is 14.7. The zero-order chi connectivity index (χ0) is 22.4. The summed E-state index contributed by atoms with van der Waals surface area (Å²) in [5.74, 6) is -0.369. The minimum atomic E-state index is -3.49. The van der Waals surface area contributed by atoms with Crippen LogP contribution < -0.4 is 9.73 Å². The molecule has 3 rings (SSSR count). The zero-order valence-corrected chi connectivity index (χ0v) is 18.6. The molecule has 7 heteroatoms. The molecule has 0 fully saturated rings. The summed E-state index contributed by atoms with van der Waals surface area (Å²) >= 11 is 0. The van der Waals surface area contributed by atoms with Gasteiger partial charge in [-0.1, -0.05) is 60.2 Å². The molecule has 160 valence electrons. The van der Waals surface area contributed by atoms with Gasteiger partial charge < -0.3 is 0 Å². The maximum absolute atomic E-state index is 12.5. The largest absolute Gasteiger partial charge is 0.271 e. The molecule has 0 spiro atoms. The smallest absolute Gasteiger partial charge is 0.267 e. The Labute approximate surface area is 183 Å². The van der Waals surface area contributed by atoms with Gasteiger partial charge in [0.25, 0.3) is 5.91 Å². The molecule has 0 unspecified atom stereocenters. The first kappa shape index (κ1) is 22.2. The van der Waals surface area contributed by atoms with Gasteiger partial charge in [0.1, 0.15) is 0 Å². The molecule has 0 aliphatic carbocycles. The van der Waals surface area contributed by atoms with Gasteiger partial charge >= 0.3 is 0 Å². The average molecular weight is 436 g/mol. The number of hydrazone groups is 1. The Morgan fingerprint density at radius 3 is 2.06 bits per heavy atom. The highest BCUT2D eigenvalue weighted by Gasteiger charge is 2.18. The lowest BCUT2D eigenvalue weighted by atomic mass is 10.1. The van der Waals surface area contributed by atoms with Crippen LogP contribution in [-0.2, 0) is 16.6 Å². The van der Waals surface area contributed by atoms with Crippen molar-refractivity contribution < 1.29 is 13.2 Å². The lowest BCUT2D eigenvalue weighted by molar-refractivity contribution is 0.0955. The van der Waals surface area contributed by atoms with Gasteiger partial charge in [-0.05, 0) is 49.2 Å². The molecule has 1 amide bonds. The molecule has 0 heterocycles. The number of benzene rings is 3. The van der Waals surface area contributed by atoms with Crippen LogP contribution in [-0.4, -0.2) is 26.3 Å².